The van der Waals surface area contributed by atoms with Crippen molar-refractivity contribution >= 4 is 27.6 Å². The summed E-state index contributed by atoms with van der Waals surface area (Å²) in [6, 6.07) is 27.0. The van der Waals surface area contributed by atoms with Crippen molar-refractivity contribution in [1.82, 2.24) is 20.2 Å². The summed E-state index contributed by atoms with van der Waals surface area (Å²) in [5, 5.41) is 15.5. The van der Waals surface area contributed by atoms with E-state index >= 15 is 0 Å². The molecule has 5 rings (SSSR count). The van der Waals surface area contributed by atoms with Crippen molar-refractivity contribution in [2.24, 2.45) is 0 Å². The fraction of sp³-hybridized carbons (Fsp3) is 0.0455. The van der Waals surface area contributed by atoms with Crippen molar-refractivity contribution in [1.29, 1.82) is 0 Å². The van der Waals surface area contributed by atoms with E-state index in [1.54, 1.807) is 4.68 Å². The molecule has 0 aliphatic carbocycles. The summed E-state index contributed by atoms with van der Waals surface area (Å²) in [4.78, 5) is 0. The minimum atomic E-state index is -0.0763. The number of aromatic nitrogens is 4. The number of rotatable bonds is 3. The number of halogens is 1. The van der Waals surface area contributed by atoms with Gasteiger partial charge in [0.15, 0.2) is 0 Å². The van der Waals surface area contributed by atoms with E-state index in [0.29, 0.717) is 5.95 Å². The second-order valence-electron chi connectivity index (χ2n) is 6.60. The number of nitrogens with one attached hydrogen (secondary N) is 1. The summed E-state index contributed by atoms with van der Waals surface area (Å²) in [6.45, 7) is 0. The Balaban J connectivity index is 1.53. The average molecular weight is 430 g/mol. The van der Waals surface area contributed by atoms with E-state index in [1.165, 1.54) is 11.1 Å². The van der Waals surface area contributed by atoms with Gasteiger partial charge >= 0.3 is 0 Å². The molecule has 1 atom stereocenters. The van der Waals surface area contributed by atoms with Crippen LogP contribution in [0.25, 0.3) is 16.8 Å². The van der Waals surface area contributed by atoms with E-state index in [2.05, 4.69) is 104 Å². The summed E-state index contributed by atoms with van der Waals surface area (Å²) in [6.07, 6.45) is 2.16. The summed E-state index contributed by atoms with van der Waals surface area (Å²) < 4.78 is 2.82. The van der Waals surface area contributed by atoms with Crippen LogP contribution >= 0.6 is 15.9 Å². The number of hydrogen-bond donors (Lipinski definition) is 1. The zero-order valence-electron chi connectivity index (χ0n) is 14.8. The monoisotopic (exact) mass is 429 g/mol. The third-order valence-electron chi connectivity index (χ3n) is 4.82. The number of fused-ring (bicyclic) bond motifs is 1. The van der Waals surface area contributed by atoms with Crippen LogP contribution in [0.3, 0.4) is 0 Å². The highest BCUT2D eigenvalue weighted by Gasteiger charge is 2.24. The molecule has 0 radical (unpaired) electrons. The minimum absolute atomic E-state index is 0.0763. The summed E-state index contributed by atoms with van der Waals surface area (Å²) in [5.41, 5.74) is 5.59. The van der Waals surface area contributed by atoms with Gasteiger partial charge in [-0.3, -0.25) is 0 Å². The van der Waals surface area contributed by atoms with Crippen molar-refractivity contribution in [2.75, 3.05) is 5.32 Å². The van der Waals surface area contributed by atoms with E-state index in [1.807, 2.05) is 18.2 Å². The second-order valence-corrected chi connectivity index (χ2v) is 7.51. The van der Waals surface area contributed by atoms with Crippen molar-refractivity contribution in [3.63, 3.8) is 0 Å². The quantitative estimate of drug-likeness (QED) is 0.488. The molecule has 6 heteroatoms. The Hall–Kier alpha value is -3.25. The van der Waals surface area contributed by atoms with Crippen molar-refractivity contribution in [3.8, 4) is 11.1 Å². The molecule has 4 aromatic rings. The van der Waals surface area contributed by atoms with Gasteiger partial charge in [-0.2, -0.15) is 4.68 Å². The molecule has 0 saturated heterocycles. The van der Waals surface area contributed by atoms with Gasteiger partial charge in [0.25, 0.3) is 0 Å². The molecule has 2 heterocycles. The summed E-state index contributed by atoms with van der Waals surface area (Å²) in [7, 11) is 0. The van der Waals surface area contributed by atoms with Gasteiger partial charge in [-0.1, -0.05) is 87.8 Å². The topological polar surface area (TPSA) is 55.6 Å². The molecule has 0 saturated carbocycles. The molecule has 0 bridgehead atoms. The lowest BCUT2D eigenvalue weighted by atomic mass is 9.99. The number of hydrogen-bond acceptors (Lipinski definition) is 4. The fourth-order valence-corrected chi connectivity index (χ4v) is 3.84. The number of tetrazole rings is 1. The van der Waals surface area contributed by atoms with Crippen LogP contribution < -0.4 is 5.32 Å². The van der Waals surface area contributed by atoms with Crippen LogP contribution in [0.15, 0.2) is 89.4 Å². The largest absolute Gasteiger partial charge is 0.323 e. The van der Waals surface area contributed by atoms with Crippen LogP contribution in [0.5, 0.6) is 0 Å². The lowest BCUT2D eigenvalue weighted by Gasteiger charge is -2.23. The van der Waals surface area contributed by atoms with Gasteiger partial charge in [-0.05, 0) is 50.9 Å². The van der Waals surface area contributed by atoms with Crippen molar-refractivity contribution in [3.05, 3.63) is 101 Å². The maximum absolute atomic E-state index is 4.16. The number of nitrogens with zero attached hydrogens (tertiary/aromatic N) is 4. The Morgan fingerprint density at radius 3 is 2.36 bits per heavy atom. The Morgan fingerprint density at radius 1 is 0.821 bits per heavy atom. The number of anilines is 1. The Bertz CT molecular complexity index is 1150. The molecular weight excluding hydrogens is 414 g/mol. The van der Waals surface area contributed by atoms with Crippen LogP contribution in [0, 0.1) is 0 Å². The number of allylic oxidation sites excluding steroid dienone is 1. The van der Waals surface area contributed by atoms with Crippen LogP contribution in [-0.2, 0) is 0 Å². The van der Waals surface area contributed by atoms with Gasteiger partial charge in [-0.15, -0.1) is 0 Å². The highest BCUT2D eigenvalue weighted by molar-refractivity contribution is 9.10. The lowest BCUT2D eigenvalue weighted by molar-refractivity contribution is 0.585. The molecule has 3 aromatic carbocycles. The maximum Gasteiger partial charge on any atom is 0.248 e. The highest BCUT2D eigenvalue weighted by atomic mass is 79.9. The van der Waals surface area contributed by atoms with Crippen molar-refractivity contribution < 1.29 is 0 Å². The predicted octanol–water partition coefficient (Wildman–Crippen LogP) is 5.16. The zero-order chi connectivity index (χ0) is 18.9. The Kier molecular flexibility index (Phi) is 4.25. The maximum atomic E-state index is 4.16. The Morgan fingerprint density at radius 2 is 1.57 bits per heavy atom. The van der Waals surface area contributed by atoms with Gasteiger partial charge in [-0.25, -0.2) is 0 Å². The first-order valence-corrected chi connectivity index (χ1v) is 9.75. The molecule has 0 amide bonds. The molecule has 1 aliphatic rings. The molecular formula is C22H16BrN5. The van der Waals surface area contributed by atoms with E-state index in [9.17, 15) is 0 Å². The molecule has 1 aromatic heterocycles. The summed E-state index contributed by atoms with van der Waals surface area (Å²) in [5.74, 6) is 0.634. The van der Waals surface area contributed by atoms with Crippen LogP contribution in [0.4, 0.5) is 5.95 Å². The van der Waals surface area contributed by atoms with Gasteiger partial charge in [0.05, 0.1) is 0 Å². The molecule has 0 spiro atoms. The minimum Gasteiger partial charge on any atom is -0.323 e. The normalized spacial score (nSPS) is 15.5. The van der Waals surface area contributed by atoms with E-state index in [-0.39, 0.29) is 6.04 Å². The third kappa shape index (κ3) is 3.12. The molecule has 1 aliphatic heterocycles. The van der Waals surface area contributed by atoms with Gasteiger partial charge < -0.3 is 5.32 Å². The first-order chi connectivity index (χ1) is 13.8. The SMILES string of the molecule is Brc1cccc([C@@H]2C=C(c3ccc(-c4ccccc4)cc3)Nc3nnnn32)c1. The molecule has 0 fully saturated rings. The van der Waals surface area contributed by atoms with E-state index < -0.39 is 0 Å². The smallest absolute Gasteiger partial charge is 0.248 e. The van der Waals surface area contributed by atoms with E-state index in [0.717, 1.165) is 21.3 Å². The average Bonchev–Trinajstić information content (AvgIpc) is 3.22. The first-order valence-electron chi connectivity index (χ1n) is 8.96. The van der Waals surface area contributed by atoms with Gasteiger partial charge in [0.1, 0.15) is 6.04 Å². The predicted molar refractivity (Wildman–Crippen MR) is 114 cm³/mol. The molecule has 0 unspecified atom stereocenters. The van der Waals surface area contributed by atoms with Crippen LogP contribution in [0.1, 0.15) is 17.2 Å². The third-order valence-corrected chi connectivity index (χ3v) is 5.31. The summed E-state index contributed by atoms with van der Waals surface area (Å²) >= 11 is 3.55. The lowest BCUT2D eigenvalue weighted by Crippen LogP contribution is -2.20. The molecule has 5 nitrogen and oxygen atoms in total. The second kappa shape index (κ2) is 7.05. The van der Waals surface area contributed by atoms with Crippen LogP contribution in [-0.4, -0.2) is 20.2 Å². The Labute approximate surface area is 170 Å². The van der Waals surface area contributed by atoms with Gasteiger partial charge in [0, 0.05) is 10.2 Å². The van der Waals surface area contributed by atoms with Crippen molar-refractivity contribution in [2.45, 2.75) is 6.04 Å². The van der Waals surface area contributed by atoms with Crippen LogP contribution in [0.2, 0.25) is 0 Å². The molecule has 1 N–H and O–H groups in total. The standard InChI is InChI=1S/C22H16BrN5/c23-19-8-4-7-18(13-19)21-14-20(24-22-25-26-27-28(21)22)17-11-9-16(10-12-17)15-5-2-1-3-6-15/h1-14,21H,(H,24,25,27)/t21-/m0/s1. The molecule has 28 heavy (non-hydrogen) atoms. The molecule has 136 valence electrons. The first kappa shape index (κ1) is 16.9. The van der Waals surface area contributed by atoms with Gasteiger partial charge in [0.2, 0.25) is 5.95 Å². The fourth-order valence-electron chi connectivity index (χ4n) is 3.42. The highest BCUT2D eigenvalue weighted by Crippen LogP contribution is 2.33. The van der Waals surface area contributed by atoms with E-state index in [4.69, 9.17) is 0 Å². The zero-order valence-corrected chi connectivity index (χ0v) is 16.4. The number of benzene rings is 3.